The van der Waals surface area contributed by atoms with Crippen molar-refractivity contribution >= 4 is 0 Å². The molecular weight excluding hydrogens is 138 g/mol. The number of pyridine rings is 1. The third kappa shape index (κ3) is 2.02. The van der Waals surface area contributed by atoms with Gasteiger partial charge in [0.05, 0.1) is 0 Å². The number of aromatic nitrogens is 1. The van der Waals surface area contributed by atoms with E-state index >= 15 is 0 Å². The zero-order valence-electron chi connectivity index (χ0n) is 6.96. The van der Waals surface area contributed by atoms with Crippen LogP contribution in [0, 0.1) is 13.8 Å². The fourth-order valence-corrected chi connectivity index (χ4v) is 1.10. The van der Waals surface area contributed by atoms with Gasteiger partial charge in [0.15, 0.2) is 0 Å². The first-order chi connectivity index (χ1) is 5.24. The molecule has 0 atom stereocenters. The molecule has 0 aliphatic heterocycles. The summed E-state index contributed by atoms with van der Waals surface area (Å²) in [4.78, 5) is 4.28. The van der Waals surface area contributed by atoms with Gasteiger partial charge in [0.25, 0.3) is 0 Å². The summed E-state index contributed by atoms with van der Waals surface area (Å²) in [5.74, 6) is 0. The van der Waals surface area contributed by atoms with Crippen LogP contribution in [0.2, 0.25) is 0 Å². The van der Waals surface area contributed by atoms with Crippen molar-refractivity contribution in [1.29, 1.82) is 0 Å². The van der Waals surface area contributed by atoms with E-state index in [-0.39, 0.29) is 6.61 Å². The average Bonchev–Trinajstić information content (AvgIpc) is 1.95. The maximum Gasteiger partial charge on any atom is 0.0472 e. The quantitative estimate of drug-likeness (QED) is 0.689. The number of nitrogens with zero attached hydrogens (tertiary/aromatic N) is 1. The highest BCUT2D eigenvalue weighted by molar-refractivity contribution is 5.21. The zero-order chi connectivity index (χ0) is 8.27. The highest BCUT2D eigenvalue weighted by Crippen LogP contribution is 2.06. The second-order valence-corrected chi connectivity index (χ2v) is 2.67. The molecule has 1 aromatic heterocycles. The number of hydrogen-bond acceptors (Lipinski definition) is 2. The molecule has 0 saturated heterocycles. The molecule has 0 unspecified atom stereocenters. The molecule has 1 rings (SSSR count). The average molecular weight is 151 g/mol. The van der Waals surface area contributed by atoms with E-state index in [2.05, 4.69) is 4.98 Å². The Bertz CT molecular complexity index is 245. The monoisotopic (exact) mass is 151 g/mol. The Morgan fingerprint density at radius 1 is 1.36 bits per heavy atom. The van der Waals surface area contributed by atoms with E-state index in [0.29, 0.717) is 6.42 Å². The normalized spacial score (nSPS) is 10.1. The highest BCUT2D eigenvalue weighted by atomic mass is 16.2. The van der Waals surface area contributed by atoms with Crippen LogP contribution in [0.4, 0.5) is 0 Å². The predicted octanol–water partition coefficient (Wildman–Crippen LogP) is 1.23. The maximum atomic E-state index is 8.69. The van der Waals surface area contributed by atoms with Crippen LogP contribution in [-0.4, -0.2) is 16.7 Å². The van der Waals surface area contributed by atoms with Crippen LogP contribution < -0.4 is 0 Å². The van der Waals surface area contributed by atoms with Gasteiger partial charge in [-0.2, -0.15) is 0 Å². The van der Waals surface area contributed by atoms with Gasteiger partial charge in [-0.3, -0.25) is 4.98 Å². The third-order valence-corrected chi connectivity index (χ3v) is 1.72. The predicted molar refractivity (Wildman–Crippen MR) is 44.5 cm³/mol. The summed E-state index contributed by atoms with van der Waals surface area (Å²) in [5, 5.41) is 8.69. The summed E-state index contributed by atoms with van der Waals surface area (Å²) in [6.07, 6.45) is 0.707. The fraction of sp³-hybridized carbons (Fsp3) is 0.444. The number of aliphatic hydroxyl groups is 1. The number of aryl methyl sites for hydroxylation is 2. The molecule has 60 valence electrons. The van der Waals surface area contributed by atoms with Gasteiger partial charge in [-0.15, -0.1) is 0 Å². The summed E-state index contributed by atoms with van der Waals surface area (Å²) in [5.41, 5.74) is 3.20. The first kappa shape index (κ1) is 8.21. The van der Waals surface area contributed by atoms with Crippen LogP contribution >= 0.6 is 0 Å². The zero-order valence-corrected chi connectivity index (χ0v) is 6.96. The molecule has 0 spiro atoms. The van der Waals surface area contributed by atoms with E-state index in [1.165, 1.54) is 0 Å². The second kappa shape index (κ2) is 3.49. The van der Waals surface area contributed by atoms with Gasteiger partial charge < -0.3 is 5.11 Å². The Balaban J connectivity index is 2.90. The molecule has 0 aliphatic carbocycles. The fourth-order valence-electron chi connectivity index (χ4n) is 1.10. The van der Waals surface area contributed by atoms with E-state index in [4.69, 9.17) is 5.11 Å². The molecule has 1 aromatic rings. The standard InChI is InChI=1S/C9H13NO/c1-7-3-4-9(5-6-11)8(2)10-7/h3-4,11H,5-6H2,1-2H3. The summed E-state index contributed by atoms with van der Waals surface area (Å²) >= 11 is 0. The molecule has 0 fully saturated rings. The van der Waals surface area contributed by atoms with Gasteiger partial charge in [0.2, 0.25) is 0 Å². The lowest BCUT2D eigenvalue weighted by Crippen LogP contribution is -1.97. The largest absolute Gasteiger partial charge is 0.396 e. The van der Waals surface area contributed by atoms with Crippen molar-refractivity contribution < 1.29 is 5.11 Å². The van der Waals surface area contributed by atoms with Crippen molar-refractivity contribution in [2.45, 2.75) is 20.3 Å². The molecule has 0 radical (unpaired) electrons. The van der Waals surface area contributed by atoms with Crippen molar-refractivity contribution in [2.24, 2.45) is 0 Å². The Hall–Kier alpha value is -0.890. The molecule has 2 nitrogen and oxygen atoms in total. The van der Waals surface area contributed by atoms with Gasteiger partial charge in [-0.25, -0.2) is 0 Å². The van der Waals surface area contributed by atoms with Crippen molar-refractivity contribution in [3.63, 3.8) is 0 Å². The van der Waals surface area contributed by atoms with Gasteiger partial charge in [-0.05, 0) is 31.9 Å². The topological polar surface area (TPSA) is 33.1 Å². The van der Waals surface area contributed by atoms with E-state index < -0.39 is 0 Å². The Morgan fingerprint density at radius 2 is 2.09 bits per heavy atom. The molecule has 1 heterocycles. The summed E-state index contributed by atoms with van der Waals surface area (Å²) in [6, 6.07) is 3.99. The first-order valence-electron chi connectivity index (χ1n) is 3.78. The lowest BCUT2D eigenvalue weighted by atomic mass is 10.1. The first-order valence-corrected chi connectivity index (χ1v) is 3.78. The minimum Gasteiger partial charge on any atom is -0.396 e. The Kier molecular flexibility index (Phi) is 2.60. The minimum atomic E-state index is 0.200. The van der Waals surface area contributed by atoms with E-state index in [9.17, 15) is 0 Å². The lowest BCUT2D eigenvalue weighted by molar-refractivity contribution is 0.299. The van der Waals surface area contributed by atoms with Crippen molar-refractivity contribution in [3.8, 4) is 0 Å². The molecular formula is C9H13NO. The molecule has 0 amide bonds. The van der Waals surface area contributed by atoms with Crippen LogP contribution in [0.1, 0.15) is 17.0 Å². The smallest absolute Gasteiger partial charge is 0.0472 e. The van der Waals surface area contributed by atoms with E-state index in [1.54, 1.807) is 0 Å². The Labute approximate surface area is 66.9 Å². The highest BCUT2D eigenvalue weighted by Gasteiger charge is 1.97. The number of rotatable bonds is 2. The van der Waals surface area contributed by atoms with Gasteiger partial charge in [0, 0.05) is 18.0 Å². The summed E-state index contributed by atoms with van der Waals surface area (Å²) < 4.78 is 0. The summed E-state index contributed by atoms with van der Waals surface area (Å²) in [6.45, 7) is 4.14. The van der Waals surface area contributed by atoms with Crippen molar-refractivity contribution in [3.05, 3.63) is 29.1 Å². The third-order valence-electron chi connectivity index (χ3n) is 1.72. The maximum absolute atomic E-state index is 8.69. The summed E-state index contributed by atoms with van der Waals surface area (Å²) in [7, 11) is 0. The molecule has 0 aromatic carbocycles. The molecule has 0 aliphatic rings. The van der Waals surface area contributed by atoms with Crippen LogP contribution in [0.3, 0.4) is 0 Å². The molecule has 0 bridgehead atoms. The van der Waals surface area contributed by atoms with Gasteiger partial charge in [0.1, 0.15) is 0 Å². The number of aliphatic hydroxyl groups excluding tert-OH is 1. The van der Waals surface area contributed by atoms with Crippen LogP contribution in [0.5, 0.6) is 0 Å². The second-order valence-electron chi connectivity index (χ2n) is 2.67. The van der Waals surface area contributed by atoms with E-state index in [1.807, 2.05) is 26.0 Å². The Morgan fingerprint density at radius 3 is 2.64 bits per heavy atom. The van der Waals surface area contributed by atoms with Crippen LogP contribution in [0.15, 0.2) is 12.1 Å². The van der Waals surface area contributed by atoms with Crippen molar-refractivity contribution in [2.75, 3.05) is 6.61 Å². The van der Waals surface area contributed by atoms with Gasteiger partial charge >= 0.3 is 0 Å². The lowest BCUT2D eigenvalue weighted by Gasteiger charge is -2.02. The van der Waals surface area contributed by atoms with Crippen LogP contribution in [0.25, 0.3) is 0 Å². The van der Waals surface area contributed by atoms with Gasteiger partial charge in [-0.1, -0.05) is 6.07 Å². The molecule has 0 saturated carbocycles. The SMILES string of the molecule is Cc1ccc(CCO)c(C)n1. The minimum absolute atomic E-state index is 0.200. The molecule has 1 N–H and O–H groups in total. The van der Waals surface area contributed by atoms with E-state index in [0.717, 1.165) is 17.0 Å². The number of hydrogen-bond donors (Lipinski definition) is 1. The molecule has 11 heavy (non-hydrogen) atoms. The molecule has 2 heteroatoms. The van der Waals surface area contributed by atoms with Crippen molar-refractivity contribution in [1.82, 2.24) is 4.98 Å². The van der Waals surface area contributed by atoms with Crippen LogP contribution in [-0.2, 0) is 6.42 Å².